The standard InChI is InChI=1S/C16H20N2O4/c1-22-16(21)13-9-7-12(8-10-13)15(20)18-17-14(19)11-5-3-2-4-6-11/h2-6,12-13H,7-10H2,1H3,(H,17,19)(H,18,20). The average molecular weight is 304 g/mol. The van der Waals surface area contributed by atoms with Gasteiger partial charge in [0.05, 0.1) is 13.0 Å². The molecule has 0 radical (unpaired) electrons. The number of hydrogen-bond acceptors (Lipinski definition) is 4. The normalized spacial score (nSPS) is 20.8. The molecule has 0 aliphatic heterocycles. The van der Waals surface area contributed by atoms with Crippen LogP contribution in [0.5, 0.6) is 0 Å². The summed E-state index contributed by atoms with van der Waals surface area (Å²) in [5, 5.41) is 0. The van der Waals surface area contributed by atoms with Crippen molar-refractivity contribution >= 4 is 17.8 Å². The quantitative estimate of drug-likeness (QED) is 0.653. The molecule has 6 heteroatoms. The van der Waals surface area contributed by atoms with Crippen molar-refractivity contribution in [1.29, 1.82) is 0 Å². The minimum absolute atomic E-state index is 0.118. The highest BCUT2D eigenvalue weighted by molar-refractivity contribution is 5.95. The van der Waals surface area contributed by atoms with Crippen LogP contribution in [0.1, 0.15) is 36.0 Å². The van der Waals surface area contributed by atoms with E-state index < -0.39 is 0 Å². The molecule has 1 aliphatic carbocycles. The fourth-order valence-corrected chi connectivity index (χ4v) is 2.64. The molecule has 6 nitrogen and oxygen atoms in total. The molecule has 0 bridgehead atoms. The third-order valence-corrected chi connectivity index (χ3v) is 3.97. The Bertz CT molecular complexity index is 536. The molecule has 118 valence electrons. The summed E-state index contributed by atoms with van der Waals surface area (Å²) in [6.45, 7) is 0. The molecule has 0 unspecified atom stereocenters. The summed E-state index contributed by atoms with van der Waals surface area (Å²) >= 11 is 0. The summed E-state index contributed by atoms with van der Waals surface area (Å²) in [4.78, 5) is 35.3. The largest absolute Gasteiger partial charge is 0.469 e. The number of carbonyl (C=O) groups is 3. The van der Waals surface area contributed by atoms with Gasteiger partial charge >= 0.3 is 5.97 Å². The van der Waals surface area contributed by atoms with Crippen LogP contribution >= 0.6 is 0 Å². The molecular weight excluding hydrogens is 284 g/mol. The lowest BCUT2D eigenvalue weighted by atomic mass is 9.82. The first-order valence-electron chi connectivity index (χ1n) is 7.35. The van der Waals surface area contributed by atoms with Gasteiger partial charge in [-0.05, 0) is 37.8 Å². The molecule has 0 heterocycles. The maximum absolute atomic E-state index is 12.0. The zero-order chi connectivity index (χ0) is 15.9. The first-order chi connectivity index (χ1) is 10.6. The number of carbonyl (C=O) groups excluding carboxylic acids is 3. The SMILES string of the molecule is COC(=O)C1CCC(C(=O)NNC(=O)c2ccccc2)CC1. The number of benzene rings is 1. The molecule has 22 heavy (non-hydrogen) atoms. The molecule has 2 N–H and O–H groups in total. The summed E-state index contributed by atoms with van der Waals surface area (Å²) in [6.07, 6.45) is 2.51. The van der Waals surface area contributed by atoms with Crippen molar-refractivity contribution in [3.8, 4) is 0 Å². The van der Waals surface area contributed by atoms with Crippen LogP contribution in [0.15, 0.2) is 30.3 Å². The molecule has 0 atom stereocenters. The van der Waals surface area contributed by atoms with Crippen LogP contribution in [0, 0.1) is 11.8 Å². The first-order valence-corrected chi connectivity index (χ1v) is 7.35. The highest BCUT2D eigenvalue weighted by atomic mass is 16.5. The van der Waals surface area contributed by atoms with Gasteiger partial charge in [-0.3, -0.25) is 25.2 Å². The zero-order valence-corrected chi connectivity index (χ0v) is 12.5. The third kappa shape index (κ3) is 4.07. The van der Waals surface area contributed by atoms with Gasteiger partial charge < -0.3 is 4.74 Å². The van der Waals surface area contributed by atoms with Gasteiger partial charge in [-0.1, -0.05) is 18.2 Å². The molecule has 0 saturated heterocycles. The number of nitrogens with one attached hydrogen (secondary N) is 2. The lowest BCUT2D eigenvalue weighted by molar-refractivity contribution is -0.147. The Balaban J connectivity index is 1.77. The van der Waals surface area contributed by atoms with Crippen LogP contribution in [0.4, 0.5) is 0 Å². The molecule has 2 amide bonds. The van der Waals surface area contributed by atoms with Crippen molar-refractivity contribution in [2.24, 2.45) is 11.8 Å². The number of methoxy groups -OCH3 is 1. The molecule has 2 rings (SSSR count). The molecule has 1 aliphatic rings. The first kappa shape index (κ1) is 16.0. The molecular formula is C16H20N2O4. The molecule has 1 saturated carbocycles. The van der Waals surface area contributed by atoms with E-state index in [9.17, 15) is 14.4 Å². The van der Waals surface area contributed by atoms with Crippen molar-refractivity contribution in [2.45, 2.75) is 25.7 Å². The van der Waals surface area contributed by atoms with Crippen LogP contribution in [0.3, 0.4) is 0 Å². The highest BCUT2D eigenvalue weighted by Gasteiger charge is 2.30. The smallest absolute Gasteiger partial charge is 0.308 e. The van der Waals surface area contributed by atoms with E-state index in [1.165, 1.54) is 7.11 Å². The Kier molecular flexibility index (Phi) is 5.52. The maximum atomic E-state index is 12.0. The van der Waals surface area contributed by atoms with E-state index in [0.29, 0.717) is 31.2 Å². The topological polar surface area (TPSA) is 84.5 Å². The van der Waals surface area contributed by atoms with Gasteiger partial charge in [0, 0.05) is 11.5 Å². The predicted molar refractivity (Wildman–Crippen MR) is 79.5 cm³/mol. The number of ether oxygens (including phenoxy) is 1. The molecule has 1 aromatic carbocycles. The van der Waals surface area contributed by atoms with E-state index in [4.69, 9.17) is 4.74 Å². The number of hydrazine groups is 1. The second-order valence-electron chi connectivity index (χ2n) is 5.38. The van der Waals surface area contributed by atoms with Crippen LogP contribution in [0.2, 0.25) is 0 Å². The molecule has 1 fully saturated rings. The monoisotopic (exact) mass is 304 g/mol. The average Bonchev–Trinajstić information content (AvgIpc) is 2.59. The van der Waals surface area contributed by atoms with Gasteiger partial charge in [0.1, 0.15) is 0 Å². The summed E-state index contributed by atoms with van der Waals surface area (Å²) < 4.78 is 4.72. The minimum Gasteiger partial charge on any atom is -0.469 e. The lowest BCUT2D eigenvalue weighted by Crippen LogP contribution is -2.45. The summed E-state index contributed by atoms with van der Waals surface area (Å²) in [6, 6.07) is 8.66. The lowest BCUT2D eigenvalue weighted by Gasteiger charge is -2.26. The fraction of sp³-hybridized carbons (Fsp3) is 0.438. The van der Waals surface area contributed by atoms with Crippen LogP contribution in [-0.2, 0) is 14.3 Å². The Morgan fingerprint density at radius 2 is 1.55 bits per heavy atom. The van der Waals surface area contributed by atoms with E-state index in [1.54, 1.807) is 24.3 Å². The van der Waals surface area contributed by atoms with Crippen molar-refractivity contribution < 1.29 is 19.1 Å². The van der Waals surface area contributed by atoms with Crippen LogP contribution in [0.25, 0.3) is 0 Å². The summed E-state index contributed by atoms with van der Waals surface area (Å²) in [5.41, 5.74) is 5.35. The van der Waals surface area contributed by atoms with Crippen molar-refractivity contribution in [1.82, 2.24) is 10.9 Å². The number of rotatable bonds is 3. The number of amides is 2. The Labute approximate surface area is 129 Å². The van der Waals surface area contributed by atoms with E-state index >= 15 is 0 Å². The fourth-order valence-electron chi connectivity index (χ4n) is 2.64. The van der Waals surface area contributed by atoms with E-state index in [-0.39, 0.29) is 29.6 Å². The second-order valence-corrected chi connectivity index (χ2v) is 5.38. The highest BCUT2D eigenvalue weighted by Crippen LogP contribution is 2.29. The molecule has 0 aromatic heterocycles. The van der Waals surface area contributed by atoms with Crippen molar-refractivity contribution in [3.05, 3.63) is 35.9 Å². The van der Waals surface area contributed by atoms with Gasteiger partial charge in [0.2, 0.25) is 5.91 Å². The summed E-state index contributed by atoms with van der Waals surface area (Å²) in [5.74, 6) is -1.08. The third-order valence-electron chi connectivity index (χ3n) is 3.97. The van der Waals surface area contributed by atoms with Crippen molar-refractivity contribution in [2.75, 3.05) is 7.11 Å². The number of esters is 1. The maximum Gasteiger partial charge on any atom is 0.308 e. The van der Waals surface area contributed by atoms with Gasteiger partial charge in [-0.15, -0.1) is 0 Å². The van der Waals surface area contributed by atoms with Crippen molar-refractivity contribution in [3.63, 3.8) is 0 Å². The van der Waals surface area contributed by atoms with Gasteiger partial charge in [0.25, 0.3) is 5.91 Å². The van der Waals surface area contributed by atoms with E-state index in [0.717, 1.165) is 0 Å². The minimum atomic E-state index is -0.350. The van der Waals surface area contributed by atoms with Gasteiger partial charge in [-0.25, -0.2) is 0 Å². The van der Waals surface area contributed by atoms with Gasteiger partial charge in [0.15, 0.2) is 0 Å². The Morgan fingerprint density at radius 1 is 0.955 bits per heavy atom. The zero-order valence-electron chi connectivity index (χ0n) is 12.5. The Hall–Kier alpha value is -2.37. The second kappa shape index (κ2) is 7.59. The van der Waals surface area contributed by atoms with E-state index in [1.807, 2.05) is 6.07 Å². The van der Waals surface area contributed by atoms with E-state index in [2.05, 4.69) is 10.9 Å². The molecule has 1 aromatic rings. The molecule has 0 spiro atoms. The predicted octanol–water partition coefficient (Wildman–Crippen LogP) is 1.43. The summed E-state index contributed by atoms with van der Waals surface area (Å²) in [7, 11) is 1.38. The Morgan fingerprint density at radius 3 is 2.14 bits per heavy atom. The van der Waals surface area contributed by atoms with Crippen LogP contribution < -0.4 is 10.9 Å². The van der Waals surface area contributed by atoms with Gasteiger partial charge in [-0.2, -0.15) is 0 Å². The van der Waals surface area contributed by atoms with Crippen LogP contribution in [-0.4, -0.2) is 24.9 Å². The number of hydrogen-bond donors (Lipinski definition) is 2.